The van der Waals surface area contributed by atoms with Crippen LogP contribution < -0.4 is 5.32 Å². The van der Waals surface area contributed by atoms with Gasteiger partial charge in [0.15, 0.2) is 23.3 Å². The third-order valence-electron chi connectivity index (χ3n) is 2.51. The van der Waals surface area contributed by atoms with Crippen molar-refractivity contribution < 1.29 is 31.5 Å². The van der Waals surface area contributed by atoms with E-state index in [9.17, 15) is 26.7 Å². The van der Waals surface area contributed by atoms with Crippen molar-refractivity contribution in [3.63, 3.8) is 0 Å². The second kappa shape index (κ2) is 6.53. The van der Waals surface area contributed by atoms with Crippen molar-refractivity contribution in [1.82, 2.24) is 0 Å². The first kappa shape index (κ1) is 16.2. The maximum absolute atomic E-state index is 13.4. The van der Waals surface area contributed by atoms with Crippen LogP contribution in [0.25, 0.3) is 0 Å². The number of hydrogen-bond acceptors (Lipinski definition) is 3. The molecule has 0 bridgehead atoms. The monoisotopic (exact) mass is 297 g/mol. The number of carbonyl (C=O) groups is 1. The number of rotatable bonds is 5. The van der Waals surface area contributed by atoms with Gasteiger partial charge in [0, 0.05) is 0 Å². The number of anilines is 1. The Bertz CT molecular complexity index is 492. The van der Waals surface area contributed by atoms with Crippen LogP contribution >= 0.6 is 0 Å². The van der Waals surface area contributed by atoms with Crippen molar-refractivity contribution >= 4 is 11.7 Å². The highest BCUT2D eigenvalue weighted by Crippen LogP contribution is 2.28. The summed E-state index contributed by atoms with van der Waals surface area (Å²) in [6.07, 6.45) is 0.0400. The van der Waals surface area contributed by atoms with Crippen LogP contribution in [0.15, 0.2) is 0 Å². The zero-order valence-electron chi connectivity index (χ0n) is 10.7. The Labute approximate surface area is 111 Å². The quantitative estimate of drug-likeness (QED) is 0.393. The molecule has 0 fully saturated rings. The second-order valence-corrected chi connectivity index (χ2v) is 3.80. The summed E-state index contributed by atoms with van der Waals surface area (Å²) < 4.78 is 70.3. The molecule has 0 heterocycles. The maximum Gasteiger partial charge on any atom is 0.328 e. The fraction of sp³-hybridized carbons (Fsp3) is 0.417. The standard InChI is InChI=1S/C12H12F5NO2/c1-3-5(12(19)20-4-2)18-11-9(16)7(14)6(13)8(15)10(11)17/h5,18H,3-4H2,1-2H3. The first-order valence-electron chi connectivity index (χ1n) is 5.79. The predicted octanol–water partition coefficient (Wildman–Crippen LogP) is 3.14. The highest BCUT2D eigenvalue weighted by molar-refractivity contribution is 5.79. The van der Waals surface area contributed by atoms with Gasteiger partial charge in [0.05, 0.1) is 6.61 Å². The van der Waals surface area contributed by atoms with Gasteiger partial charge in [-0.2, -0.15) is 0 Å². The summed E-state index contributed by atoms with van der Waals surface area (Å²) >= 11 is 0. The Balaban J connectivity index is 3.17. The van der Waals surface area contributed by atoms with Crippen LogP contribution in [0.4, 0.5) is 27.6 Å². The highest BCUT2D eigenvalue weighted by atomic mass is 19.2. The summed E-state index contributed by atoms with van der Waals surface area (Å²) in [6, 6.07) is -1.22. The number of hydrogen-bond donors (Lipinski definition) is 1. The molecule has 0 saturated carbocycles. The number of esters is 1. The van der Waals surface area contributed by atoms with Crippen molar-refractivity contribution in [3.8, 4) is 0 Å². The van der Waals surface area contributed by atoms with E-state index in [-0.39, 0.29) is 13.0 Å². The molecule has 0 aliphatic heterocycles. The van der Waals surface area contributed by atoms with Gasteiger partial charge in [-0.05, 0) is 13.3 Å². The minimum Gasteiger partial charge on any atom is -0.464 e. The van der Waals surface area contributed by atoms with E-state index in [1.54, 1.807) is 0 Å². The van der Waals surface area contributed by atoms with E-state index >= 15 is 0 Å². The van der Waals surface area contributed by atoms with Gasteiger partial charge in [-0.3, -0.25) is 0 Å². The van der Waals surface area contributed by atoms with Crippen molar-refractivity contribution in [2.24, 2.45) is 0 Å². The van der Waals surface area contributed by atoms with Gasteiger partial charge in [0.1, 0.15) is 11.7 Å². The lowest BCUT2D eigenvalue weighted by atomic mass is 10.2. The van der Waals surface area contributed by atoms with E-state index in [2.05, 4.69) is 4.74 Å². The zero-order chi connectivity index (χ0) is 15.4. The molecule has 0 amide bonds. The molecule has 0 aliphatic carbocycles. The minimum absolute atomic E-state index is 0.0219. The molecule has 20 heavy (non-hydrogen) atoms. The maximum atomic E-state index is 13.4. The smallest absolute Gasteiger partial charge is 0.328 e. The number of carbonyl (C=O) groups excluding carboxylic acids is 1. The molecule has 0 saturated heterocycles. The molecule has 3 nitrogen and oxygen atoms in total. The molecule has 1 atom stereocenters. The van der Waals surface area contributed by atoms with Gasteiger partial charge in [-0.15, -0.1) is 0 Å². The lowest BCUT2D eigenvalue weighted by Crippen LogP contribution is -2.32. The Morgan fingerprint density at radius 3 is 1.85 bits per heavy atom. The topological polar surface area (TPSA) is 38.3 Å². The third-order valence-corrected chi connectivity index (χ3v) is 2.51. The summed E-state index contributed by atoms with van der Waals surface area (Å²) in [5.74, 6) is -11.3. The number of nitrogens with one attached hydrogen (secondary N) is 1. The van der Waals surface area contributed by atoms with Crippen molar-refractivity contribution in [1.29, 1.82) is 0 Å². The molecule has 0 spiro atoms. The summed E-state index contributed by atoms with van der Waals surface area (Å²) in [5, 5.41) is 1.99. The van der Waals surface area contributed by atoms with Crippen molar-refractivity contribution in [3.05, 3.63) is 29.1 Å². The van der Waals surface area contributed by atoms with E-state index in [0.29, 0.717) is 0 Å². The van der Waals surface area contributed by atoms with Gasteiger partial charge in [0.2, 0.25) is 5.82 Å². The average molecular weight is 297 g/mol. The first-order valence-corrected chi connectivity index (χ1v) is 5.79. The van der Waals surface area contributed by atoms with Crippen LogP contribution in [-0.4, -0.2) is 18.6 Å². The normalized spacial score (nSPS) is 12.2. The summed E-state index contributed by atoms with van der Waals surface area (Å²) in [7, 11) is 0. The fourth-order valence-corrected chi connectivity index (χ4v) is 1.48. The van der Waals surface area contributed by atoms with Crippen LogP contribution in [0, 0.1) is 29.1 Å². The Kier molecular flexibility index (Phi) is 5.29. The van der Waals surface area contributed by atoms with Gasteiger partial charge in [0.25, 0.3) is 0 Å². The largest absolute Gasteiger partial charge is 0.464 e. The number of halogens is 5. The summed E-state index contributed by atoms with van der Waals surface area (Å²) in [5.41, 5.74) is -1.25. The van der Waals surface area contributed by atoms with Gasteiger partial charge < -0.3 is 10.1 Å². The minimum atomic E-state index is -2.25. The molecule has 8 heteroatoms. The van der Waals surface area contributed by atoms with Crippen molar-refractivity contribution in [2.45, 2.75) is 26.3 Å². The molecule has 1 unspecified atom stereocenters. The molecule has 1 rings (SSSR count). The molecule has 1 aromatic carbocycles. The highest BCUT2D eigenvalue weighted by Gasteiger charge is 2.28. The summed E-state index contributed by atoms with van der Waals surface area (Å²) in [4.78, 5) is 11.4. The van der Waals surface area contributed by atoms with E-state index < -0.39 is 46.8 Å². The molecule has 1 N–H and O–H groups in total. The van der Waals surface area contributed by atoms with Gasteiger partial charge in [-0.1, -0.05) is 6.92 Å². The SMILES string of the molecule is CCOC(=O)C(CC)Nc1c(F)c(F)c(F)c(F)c1F. The van der Waals surface area contributed by atoms with Gasteiger partial charge in [-0.25, -0.2) is 26.7 Å². The Morgan fingerprint density at radius 2 is 1.45 bits per heavy atom. The van der Waals surface area contributed by atoms with Crippen LogP contribution in [0.5, 0.6) is 0 Å². The Morgan fingerprint density at radius 1 is 1.00 bits per heavy atom. The van der Waals surface area contributed by atoms with Gasteiger partial charge >= 0.3 is 5.97 Å². The van der Waals surface area contributed by atoms with E-state index in [4.69, 9.17) is 0 Å². The molecule has 0 radical (unpaired) electrons. The lowest BCUT2D eigenvalue weighted by molar-refractivity contribution is -0.144. The molecule has 0 aromatic heterocycles. The molecular weight excluding hydrogens is 285 g/mol. The lowest BCUT2D eigenvalue weighted by Gasteiger charge is -2.18. The van der Waals surface area contributed by atoms with Crippen LogP contribution in [-0.2, 0) is 9.53 Å². The molecule has 1 aromatic rings. The van der Waals surface area contributed by atoms with Crippen LogP contribution in [0.1, 0.15) is 20.3 Å². The predicted molar refractivity (Wildman–Crippen MR) is 60.6 cm³/mol. The molecule has 112 valence electrons. The molecule has 0 aliphatic rings. The average Bonchev–Trinajstić information content (AvgIpc) is 2.43. The van der Waals surface area contributed by atoms with E-state index in [0.717, 1.165) is 0 Å². The summed E-state index contributed by atoms with van der Waals surface area (Å²) in [6.45, 7) is 3.03. The molecular formula is C12H12F5NO2. The van der Waals surface area contributed by atoms with E-state index in [1.807, 2.05) is 5.32 Å². The van der Waals surface area contributed by atoms with Crippen LogP contribution in [0.2, 0.25) is 0 Å². The van der Waals surface area contributed by atoms with Crippen LogP contribution in [0.3, 0.4) is 0 Å². The second-order valence-electron chi connectivity index (χ2n) is 3.80. The Hall–Kier alpha value is -1.86. The first-order chi connectivity index (χ1) is 9.34. The van der Waals surface area contributed by atoms with E-state index in [1.165, 1.54) is 13.8 Å². The number of benzene rings is 1. The van der Waals surface area contributed by atoms with Crippen molar-refractivity contribution in [2.75, 3.05) is 11.9 Å². The third kappa shape index (κ3) is 3.00. The fourth-order valence-electron chi connectivity index (χ4n) is 1.48. The number of ether oxygens (including phenoxy) is 1. The zero-order valence-corrected chi connectivity index (χ0v) is 10.7.